The van der Waals surface area contributed by atoms with Crippen LogP contribution in [-0.2, 0) is 9.59 Å². The van der Waals surface area contributed by atoms with Crippen LogP contribution in [0.5, 0.6) is 0 Å². The highest BCUT2D eigenvalue weighted by atomic mass is 16.2. The lowest BCUT2D eigenvalue weighted by Crippen LogP contribution is -2.52. The van der Waals surface area contributed by atoms with Crippen LogP contribution in [0.4, 0.5) is 0 Å². The predicted molar refractivity (Wildman–Crippen MR) is 73.7 cm³/mol. The number of hydrogen-bond donors (Lipinski definition) is 0. The maximum atomic E-state index is 12.2. The third kappa shape index (κ3) is 3.93. The Kier molecular flexibility index (Phi) is 4.80. The first-order chi connectivity index (χ1) is 9.06. The number of piperidine rings is 1. The largest absolute Gasteiger partial charge is 0.341 e. The van der Waals surface area contributed by atoms with Crippen molar-refractivity contribution in [3.63, 3.8) is 0 Å². The van der Waals surface area contributed by atoms with Crippen molar-refractivity contribution in [1.29, 1.82) is 0 Å². The van der Waals surface area contributed by atoms with Gasteiger partial charge in [-0.25, -0.2) is 0 Å². The molecule has 108 valence electrons. The highest BCUT2D eigenvalue weighted by molar-refractivity contribution is 5.78. The number of rotatable bonds is 2. The molecule has 0 aromatic rings. The molecule has 0 aromatic carbocycles. The zero-order chi connectivity index (χ0) is 13.8. The van der Waals surface area contributed by atoms with Gasteiger partial charge in [-0.1, -0.05) is 6.92 Å². The zero-order valence-corrected chi connectivity index (χ0v) is 12.1. The molecule has 19 heavy (non-hydrogen) atoms. The Balaban J connectivity index is 1.75. The van der Waals surface area contributed by atoms with Crippen LogP contribution < -0.4 is 0 Å². The molecule has 0 aliphatic carbocycles. The summed E-state index contributed by atoms with van der Waals surface area (Å²) in [6.07, 6.45) is 2.37. The highest BCUT2D eigenvalue weighted by Crippen LogP contribution is 2.15. The average Bonchev–Trinajstić information content (AvgIpc) is 2.39. The second-order valence-electron chi connectivity index (χ2n) is 5.87. The van der Waals surface area contributed by atoms with Crippen molar-refractivity contribution in [2.75, 3.05) is 45.8 Å². The van der Waals surface area contributed by atoms with Crippen LogP contribution in [-0.4, -0.2) is 72.3 Å². The van der Waals surface area contributed by atoms with E-state index in [0.717, 1.165) is 45.7 Å². The molecule has 0 saturated carbocycles. The molecule has 0 spiro atoms. The summed E-state index contributed by atoms with van der Waals surface area (Å²) in [6, 6.07) is 0. The van der Waals surface area contributed by atoms with Crippen LogP contribution in [0.25, 0.3) is 0 Å². The van der Waals surface area contributed by atoms with Gasteiger partial charge >= 0.3 is 0 Å². The van der Waals surface area contributed by atoms with E-state index in [1.807, 2.05) is 9.80 Å². The second kappa shape index (κ2) is 6.37. The van der Waals surface area contributed by atoms with E-state index in [1.165, 1.54) is 6.42 Å². The van der Waals surface area contributed by atoms with Gasteiger partial charge in [-0.3, -0.25) is 14.5 Å². The SMILES string of the molecule is CC(=O)N1CCN(CC(=O)N2CCCC(C)C2)CC1. The Morgan fingerprint density at radius 3 is 2.32 bits per heavy atom. The molecule has 0 N–H and O–H groups in total. The summed E-state index contributed by atoms with van der Waals surface area (Å²) in [7, 11) is 0. The summed E-state index contributed by atoms with van der Waals surface area (Å²) in [5.41, 5.74) is 0. The molecular weight excluding hydrogens is 242 g/mol. The van der Waals surface area contributed by atoms with Gasteiger partial charge in [0.2, 0.25) is 11.8 Å². The van der Waals surface area contributed by atoms with Crippen molar-refractivity contribution in [2.45, 2.75) is 26.7 Å². The van der Waals surface area contributed by atoms with Crippen LogP contribution in [0.3, 0.4) is 0 Å². The smallest absolute Gasteiger partial charge is 0.236 e. The zero-order valence-electron chi connectivity index (χ0n) is 12.1. The topological polar surface area (TPSA) is 43.9 Å². The molecule has 2 aliphatic rings. The highest BCUT2D eigenvalue weighted by Gasteiger charge is 2.25. The second-order valence-corrected chi connectivity index (χ2v) is 5.87. The summed E-state index contributed by atoms with van der Waals surface area (Å²) in [5, 5.41) is 0. The summed E-state index contributed by atoms with van der Waals surface area (Å²) < 4.78 is 0. The lowest BCUT2D eigenvalue weighted by atomic mass is 10.0. The van der Waals surface area contributed by atoms with Gasteiger partial charge in [-0.15, -0.1) is 0 Å². The Morgan fingerprint density at radius 1 is 1.05 bits per heavy atom. The summed E-state index contributed by atoms with van der Waals surface area (Å²) >= 11 is 0. The monoisotopic (exact) mass is 267 g/mol. The lowest BCUT2D eigenvalue weighted by Gasteiger charge is -2.36. The molecule has 1 unspecified atom stereocenters. The Labute approximate surface area is 115 Å². The van der Waals surface area contributed by atoms with Gasteiger partial charge in [0.05, 0.1) is 6.54 Å². The number of nitrogens with zero attached hydrogens (tertiary/aromatic N) is 3. The van der Waals surface area contributed by atoms with Crippen LogP contribution in [0.2, 0.25) is 0 Å². The van der Waals surface area contributed by atoms with Crippen molar-refractivity contribution < 1.29 is 9.59 Å². The first-order valence-electron chi connectivity index (χ1n) is 7.32. The van der Waals surface area contributed by atoms with E-state index in [2.05, 4.69) is 11.8 Å². The van der Waals surface area contributed by atoms with Gasteiger partial charge in [0, 0.05) is 46.2 Å². The molecule has 2 amide bonds. The molecule has 0 bridgehead atoms. The molecule has 5 heteroatoms. The Morgan fingerprint density at radius 2 is 1.74 bits per heavy atom. The fourth-order valence-electron chi connectivity index (χ4n) is 2.93. The van der Waals surface area contributed by atoms with Gasteiger partial charge in [0.1, 0.15) is 0 Å². The fraction of sp³-hybridized carbons (Fsp3) is 0.857. The van der Waals surface area contributed by atoms with Crippen molar-refractivity contribution in [3.05, 3.63) is 0 Å². The molecule has 0 aromatic heterocycles. The minimum Gasteiger partial charge on any atom is -0.341 e. The first-order valence-corrected chi connectivity index (χ1v) is 7.32. The number of hydrogen-bond acceptors (Lipinski definition) is 3. The van der Waals surface area contributed by atoms with Gasteiger partial charge < -0.3 is 9.80 Å². The normalized spacial score (nSPS) is 25.5. The van der Waals surface area contributed by atoms with E-state index < -0.39 is 0 Å². The maximum Gasteiger partial charge on any atom is 0.236 e. The summed E-state index contributed by atoms with van der Waals surface area (Å²) in [4.78, 5) is 29.5. The van der Waals surface area contributed by atoms with Crippen molar-refractivity contribution >= 4 is 11.8 Å². The van der Waals surface area contributed by atoms with Crippen LogP contribution in [0, 0.1) is 5.92 Å². The quantitative estimate of drug-likeness (QED) is 0.728. The van der Waals surface area contributed by atoms with Crippen molar-refractivity contribution in [3.8, 4) is 0 Å². The summed E-state index contributed by atoms with van der Waals surface area (Å²) in [5.74, 6) is 1.02. The van der Waals surface area contributed by atoms with Crippen molar-refractivity contribution in [2.24, 2.45) is 5.92 Å². The molecule has 5 nitrogen and oxygen atoms in total. The van der Waals surface area contributed by atoms with E-state index in [-0.39, 0.29) is 11.8 Å². The third-order valence-electron chi connectivity index (χ3n) is 4.19. The van der Waals surface area contributed by atoms with Crippen molar-refractivity contribution in [1.82, 2.24) is 14.7 Å². The van der Waals surface area contributed by atoms with E-state index in [1.54, 1.807) is 6.92 Å². The molecule has 2 heterocycles. The van der Waals surface area contributed by atoms with Crippen LogP contribution >= 0.6 is 0 Å². The van der Waals surface area contributed by atoms with E-state index in [4.69, 9.17) is 0 Å². The molecule has 2 fully saturated rings. The number of piperazine rings is 1. The number of carbonyl (C=O) groups excluding carboxylic acids is 2. The molecule has 0 radical (unpaired) electrons. The van der Waals surface area contributed by atoms with E-state index in [9.17, 15) is 9.59 Å². The molecule has 2 saturated heterocycles. The number of amides is 2. The van der Waals surface area contributed by atoms with E-state index >= 15 is 0 Å². The number of carbonyl (C=O) groups is 2. The average molecular weight is 267 g/mol. The third-order valence-corrected chi connectivity index (χ3v) is 4.19. The molecule has 2 rings (SSSR count). The standard InChI is InChI=1S/C14H25N3O2/c1-12-4-3-5-17(10-12)14(19)11-15-6-8-16(9-7-15)13(2)18/h12H,3-11H2,1-2H3. The summed E-state index contributed by atoms with van der Waals surface area (Å²) in [6.45, 7) is 9.28. The van der Waals surface area contributed by atoms with Gasteiger partial charge in [0.15, 0.2) is 0 Å². The maximum absolute atomic E-state index is 12.2. The lowest BCUT2D eigenvalue weighted by molar-refractivity contribution is -0.135. The van der Waals surface area contributed by atoms with Gasteiger partial charge in [0.25, 0.3) is 0 Å². The Hall–Kier alpha value is -1.10. The minimum absolute atomic E-state index is 0.135. The van der Waals surface area contributed by atoms with Gasteiger partial charge in [-0.05, 0) is 18.8 Å². The fourth-order valence-corrected chi connectivity index (χ4v) is 2.93. The minimum atomic E-state index is 0.135. The predicted octanol–water partition coefficient (Wildman–Crippen LogP) is 0.409. The van der Waals surface area contributed by atoms with Crippen LogP contribution in [0.1, 0.15) is 26.7 Å². The molecule has 1 atom stereocenters. The van der Waals surface area contributed by atoms with Gasteiger partial charge in [-0.2, -0.15) is 0 Å². The Bertz CT molecular complexity index is 338. The molecular formula is C14H25N3O2. The van der Waals surface area contributed by atoms with Crippen LogP contribution in [0.15, 0.2) is 0 Å². The first kappa shape index (κ1) is 14.3. The van der Waals surface area contributed by atoms with E-state index in [0.29, 0.717) is 12.5 Å². The number of likely N-dealkylation sites (tertiary alicyclic amines) is 1. The molecule has 2 aliphatic heterocycles.